The van der Waals surface area contributed by atoms with Crippen LogP contribution >= 0.6 is 12.4 Å². The van der Waals surface area contributed by atoms with Gasteiger partial charge in [-0.25, -0.2) is 0 Å². The van der Waals surface area contributed by atoms with Crippen molar-refractivity contribution in [1.29, 1.82) is 0 Å². The molecule has 6 heteroatoms. The number of halogens is 1. The van der Waals surface area contributed by atoms with Crippen LogP contribution in [0.1, 0.15) is 24.8 Å². The lowest BCUT2D eigenvalue weighted by atomic mass is 9.94. The molecule has 2 amide bonds. The summed E-state index contributed by atoms with van der Waals surface area (Å²) in [6.07, 6.45) is 3.25. The van der Waals surface area contributed by atoms with Crippen molar-refractivity contribution < 1.29 is 9.59 Å². The Morgan fingerprint density at radius 2 is 1.91 bits per heavy atom. The van der Waals surface area contributed by atoms with Crippen molar-refractivity contribution in [3.8, 4) is 0 Å². The monoisotopic (exact) mass is 325 g/mol. The van der Waals surface area contributed by atoms with Gasteiger partial charge >= 0.3 is 0 Å². The lowest BCUT2D eigenvalue weighted by molar-refractivity contribution is -0.130. The zero-order valence-electron chi connectivity index (χ0n) is 12.5. The van der Waals surface area contributed by atoms with Crippen LogP contribution < -0.4 is 16.8 Å². The lowest BCUT2D eigenvalue weighted by Crippen LogP contribution is -2.48. The van der Waals surface area contributed by atoms with E-state index in [1.165, 1.54) is 0 Å². The van der Waals surface area contributed by atoms with Crippen molar-refractivity contribution >= 4 is 24.2 Å². The zero-order chi connectivity index (χ0) is 15.2. The topological polar surface area (TPSA) is 98.2 Å². The number of amides is 2. The largest absolute Gasteiger partial charge is 0.368 e. The van der Waals surface area contributed by atoms with Gasteiger partial charge in [0, 0.05) is 12.3 Å². The van der Waals surface area contributed by atoms with E-state index in [0.717, 1.165) is 24.8 Å². The van der Waals surface area contributed by atoms with Gasteiger partial charge in [0.05, 0.1) is 0 Å². The van der Waals surface area contributed by atoms with Crippen LogP contribution in [0.15, 0.2) is 30.3 Å². The number of hydrogen-bond donors (Lipinski definition) is 3. The molecule has 0 aromatic heterocycles. The van der Waals surface area contributed by atoms with Crippen LogP contribution in [0.3, 0.4) is 0 Å². The number of benzene rings is 1. The van der Waals surface area contributed by atoms with E-state index in [-0.39, 0.29) is 30.2 Å². The molecule has 2 rings (SSSR count). The molecule has 0 radical (unpaired) electrons. The molecule has 0 saturated heterocycles. The van der Waals surface area contributed by atoms with Gasteiger partial charge in [-0.2, -0.15) is 0 Å². The first kappa shape index (κ1) is 18.5. The van der Waals surface area contributed by atoms with Crippen molar-refractivity contribution in [3.05, 3.63) is 35.9 Å². The second kappa shape index (κ2) is 8.76. The summed E-state index contributed by atoms with van der Waals surface area (Å²) in [6, 6.07) is 8.87. The number of hydrogen-bond acceptors (Lipinski definition) is 3. The van der Waals surface area contributed by atoms with E-state index in [4.69, 9.17) is 11.5 Å². The smallest absolute Gasteiger partial charge is 0.240 e. The molecular formula is C16H24ClN3O2. The highest BCUT2D eigenvalue weighted by atomic mass is 35.5. The van der Waals surface area contributed by atoms with Gasteiger partial charge in [0.15, 0.2) is 0 Å². The minimum Gasteiger partial charge on any atom is -0.368 e. The van der Waals surface area contributed by atoms with Crippen molar-refractivity contribution in [1.82, 2.24) is 5.32 Å². The van der Waals surface area contributed by atoms with Crippen LogP contribution in [-0.4, -0.2) is 24.4 Å². The zero-order valence-corrected chi connectivity index (χ0v) is 13.4. The van der Waals surface area contributed by atoms with Crippen LogP contribution in [0.2, 0.25) is 0 Å². The standard InChI is InChI=1S/C16H23N3O2.ClH/c17-10-12-7-4-8-13(12)16(21)19-14(15(18)20)9-11-5-2-1-3-6-11;/h1-3,5-6,12-14H,4,7-10,17H2,(H2,18,20)(H,19,21);1H/t12-,13-,14?;/m1./s1. The molecule has 1 unspecified atom stereocenters. The fourth-order valence-corrected chi connectivity index (χ4v) is 3.02. The van der Waals surface area contributed by atoms with Crippen molar-refractivity contribution in [2.75, 3.05) is 6.54 Å². The van der Waals surface area contributed by atoms with Crippen molar-refractivity contribution in [2.24, 2.45) is 23.3 Å². The van der Waals surface area contributed by atoms with Crippen LogP contribution in [0.4, 0.5) is 0 Å². The Morgan fingerprint density at radius 3 is 2.50 bits per heavy atom. The molecule has 5 N–H and O–H groups in total. The molecule has 5 nitrogen and oxygen atoms in total. The third kappa shape index (κ3) is 4.71. The average molecular weight is 326 g/mol. The molecule has 0 spiro atoms. The number of nitrogens with one attached hydrogen (secondary N) is 1. The Labute approximate surface area is 137 Å². The van der Waals surface area contributed by atoms with Gasteiger partial charge in [-0.3, -0.25) is 9.59 Å². The first-order chi connectivity index (χ1) is 10.1. The van der Waals surface area contributed by atoms with Crippen molar-refractivity contribution in [2.45, 2.75) is 31.7 Å². The molecule has 1 fully saturated rings. The number of nitrogens with two attached hydrogens (primary N) is 2. The number of carbonyl (C=O) groups excluding carboxylic acids is 2. The Morgan fingerprint density at radius 1 is 1.23 bits per heavy atom. The molecule has 1 aliphatic rings. The summed E-state index contributed by atoms with van der Waals surface area (Å²) in [5, 5.41) is 2.80. The van der Waals surface area contributed by atoms with Gasteiger partial charge in [0.2, 0.25) is 11.8 Å². The molecule has 22 heavy (non-hydrogen) atoms. The molecule has 122 valence electrons. The van der Waals surface area contributed by atoms with Gasteiger partial charge < -0.3 is 16.8 Å². The summed E-state index contributed by atoms with van der Waals surface area (Å²) >= 11 is 0. The molecule has 1 aliphatic carbocycles. The Balaban J connectivity index is 0.00000242. The average Bonchev–Trinajstić information content (AvgIpc) is 2.96. The van der Waals surface area contributed by atoms with Gasteiger partial charge in [-0.1, -0.05) is 36.8 Å². The summed E-state index contributed by atoms with van der Waals surface area (Å²) in [6.45, 7) is 0.512. The first-order valence-electron chi connectivity index (χ1n) is 7.45. The van der Waals surface area contributed by atoms with Gasteiger partial charge in [0.1, 0.15) is 6.04 Å². The predicted molar refractivity (Wildman–Crippen MR) is 88.4 cm³/mol. The summed E-state index contributed by atoms with van der Waals surface area (Å²) in [5.41, 5.74) is 12.1. The third-order valence-electron chi connectivity index (χ3n) is 4.24. The highest BCUT2D eigenvalue weighted by Gasteiger charge is 2.33. The van der Waals surface area contributed by atoms with E-state index in [1.807, 2.05) is 30.3 Å². The maximum atomic E-state index is 12.3. The quantitative estimate of drug-likeness (QED) is 0.727. The van der Waals surface area contributed by atoms with Crippen LogP contribution in [-0.2, 0) is 16.0 Å². The van der Waals surface area contributed by atoms with Crippen LogP contribution in [0.5, 0.6) is 0 Å². The number of rotatable bonds is 6. The summed E-state index contributed by atoms with van der Waals surface area (Å²) < 4.78 is 0. The molecule has 1 aromatic rings. The molecule has 0 heterocycles. The third-order valence-corrected chi connectivity index (χ3v) is 4.24. The second-order valence-electron chi connectivity index (χ2n) is 5.69. The summed E-state index contributed by atoms with van der Waals surface area (Å²) in [5.74, 6) is -0.472. The van der Waals surface area contributed by atoms with Gasteiger partial charge in [0.25, 0.3) is 0 Å². The van der Waals surface area contributed by atoms with Crippen molar-refractivity contribution in [3.63, 3.8) is 0 Å². The minimum absolute atomic E-state index is 0. The van der Waals surface area contributed by atoms with E-state index in [1.54, 1.807) is 0 Å². The molecule has 1 aromatic carbocycles. The van der Waals surface area contributed by atoms with E-state index in [9.17, 15) is 9.59 Å². The SMILES string of the molecule is Cl.NC[C@H]1CCC[C@H]1C(=O)NC(Cc1ccccc1)C(N)=O. The Bertz CT molecular complexity index is 495. The molecule has 0 bridgehead atoms. The van der Waals surface area contributed by atoms with E-state index < -0.39 is 11.9 Å². The van der Waals surface area contributed by atoms with E-state index in [2.05, 4.69) is 5.32 Å². The molecular weight excluding hydrogens is 302 g/mol. The Kier molecular flexibility index (Phi) is 7.35. The fraction of sp³-hybridized carbons (Fsp3) is 0.500. The van der Waals surface area contributed by atoms with E-state index in [0.29, 0.717) is 13.0 Å². The maximum Gasteiger partial charge on any atom is 0.240 e. The number of carbonyl (C=O) groups is 2. The maximum absolute atomic E-state index is 12.3. The highest BCUT2D eigenvalue weighted by molar-refractivity contribution is 5.88. The van der Waals surface area contributed by atoms with E-state index >= 15 is 0 Å². The second-order valence-corrected chi connectivity index (χ2v) is 5.69. The normalized spacial score (nSPS) is 21.7. The number of primary amides is 1. The van der Waals surface area contributed by atoms with Crippen LogP contribution in [0, 0.1) is 11.8 Å². The highest BCUT2D eigenvalue weighted by Crippen LogP contribution is 2.31. The first-order valence-corrected chi connectivity index (χ1v) is 7.45. The molecule has 0 aliphatic heterocycles. The fourth-order valence-electron chi connectivity index (χ4n) is 3.02. The summed E-state index contributed by atoms with van der Waals surface area (Å²) in [7, 11) is 0. The van der Waals surface area contributed by atoms with Gasteiger partial charge in [-0.05, 0) is 30.9 Å². The minimum atomic E-state index is -0.668. The predicted octanol–water partition coefficient (Wildman–Crippen LogP) is 0.996. The summed E-state index contributed by atoms with van der Waals surface area (Å²) in [4.78, 5) is 23.9. The van der Waals surface area contributed by atoms with Gasteiger partial charge in [-0.15, -0.1) is 12.4 Å². The molecule has 3 atom stereocenters. The molecule has 1 saturated carbocycles. The lowest BCUT2D eigenvalue weighted by Gasteiger charge is -2.21. The van der Waals surface area contributed by atoms with Crippen LogP contribution in [0.25, 0.3) is 0 Å². The Hall–Kier alpha value is -1.59.